The van der Waals surface area contributed by atoms with Crippen LogP contribution in [0.1, 0.15) is 69.1 Å². The Hall–Kier alpha value is -1.51. The summed E-state index contributed by atoms with van der Waals surface area (Å²) >= 11 is 0. The summed E-state index contributed by atoms with van der Waals surface area (Å²) in [6, 6.07) is 6.82. The summed E-state index contributed by atoms with van der Waals surface area (Å²) in [5.74, 6) is 0.706. The van der Waals surface area contributed by atoms with Crippen molar-refractivity contribution < 1.29 is 9.53 Å². The number of nitrogens with zero attached hydrogens (tertiary/aromatic N) is 1. The molecule has 0 bridgehead atoms. The molecule has 1 heterocycles. The maximum absolute atomic E-state index is 12.2. The number of piperidine rings is 1. The molecule has 1 saturated heterocycles. The van der Waals surface area contributed by atoms with Crippen LogP contribution in [-0.4, -0.2) is 29.7 Å². The van der Waals surface area contributed by atoms with Crippen molar-refractivity contribution in [3.63, 3.8) is 0 Å². The highest BCUT2D eigenvalue weighted by Gasteiger charge is 2.47. The smallest absolute Gasteiger partial charge is 0.410 e. The summed E-state index contributed by atoms with van der Waals surface area (Å²) in [6.07, 6.45) is 4.64. The second-order valence-electron chi connectivity index (χ2n) is 8.93. The van der Waals surface area contributed by atoms with Gasteiger partial charge in [0.1, 0.15) is 5.60 Å². The van der Waals surface area contributed by atoms with Gasteiger partial charge in [-0.2, -0.15) is 0 Å². The maximum Gasteiger partial charge on any atom is 0.410 e. The second-order valence-corrected chi connectivity index (χ2v) is 8.93. The number of ether oxygens (including phenoxy) is 1. The van der Waals surface area contributed by atoms with Gasteiger partial charge in [-0.3, -0.25) is 0 Å². The van der Waals surface area contributed by atoms with E-state index in [2.05, 4.69) is 32.0 Å². The van der Waals surface area contributed by atoms with Crippen LogP contribution in [0.3, 0.4) is 0 Å². The van der Waals surface area contributed by atoms with E-state index in [4.69, 9.17) is 4.74 Å². The first-order chi connectivity index (χ1) is 11.2. The first-order valence-electron chi connectivity index (χ1n) is 9.23. The van der Waals surface area contributed by atoms with Gasteiger partial charge in [-0.1, -0.05) is 23.8 Å². The number of rotatable bonds is 1. The predicted molar refractivity (Wildman–Crippen MR) is 97.4 cm³/mol. The average Bonchev–Trinajstić information content (AvgIpc) is 2.46. The third-order valence-electron chi connectivity index (χ3n) is 5.71. The Kier molecular flexibility index (Phi) is 4.39. The van der Waals surface area contributed by atoms with E-state index in [1.165, 1.54) is 29.5 Å². The molecule has 0 unspecified atom stereocenters. The number of likely N-dealkylation sites (tertiary alicyclic amines) is 1. The van der Waals surface area contributed by atoms with Crippen molar-refractivity contribution in [2.75, 3.05) is 13.1 Å². The lowest BCUT2D eigenvalue weighted by Gasteiger charge is -2.52. The van der Waals surface area contributed by atoms with Gasteiger partial charge in [0.25, 0.3) is 0 Å². The van der Waals surface area contributed by atoms with Gasteiger partial charge in [-0.15, -0.1) is 0 Å². The Morgan fingerprint density at radius 2 is 1.79 bits per heavy atom. The van der Waals surface area contributed by atoms with Gasteiger partial charge < -0.3 is 9.64 Å². The fraction of sp³-hybridized carbons (Fsp3) is 0.667. The molecule has 0 N–H and O–H groups in total. The van der Waals surface area contributed by atoms with Gasteiger partial charge in [0.15, 0.2) is 0 Å². The van der Waals surface area contributed by atoms with Crippen molar-refractivity contribution in [2.24, 2.45) is 5.41 Å². The molecular formula is C21H31NO2. The summed E-state index contributed by atoms with van der Waals surface area (Å²) in [7, 11) is 0. The Morgan fingerprint density at radius 1 is 1.17 bits per heavy atom. The minimum absolute atomic E-state index is 0.150. The largest absolute Gasteiger partial charge is 0.444 e. The highest BCUT2D eigenvalue weighted by molar-refractivity contribution is 5.68. The van der Waals surface area contributed by atoms with E-state index >= 15 is 0 Å². The molecule has 1 spiro atoms. The minimum Gasteiger partial charge on any atom is -0.444 e. The van der Waals surface area contributed by atoms with Crippen LogP contribution in [0.15, 0.2) is 18.2 Å². The van der Waals surface area contributed by atoms with Crippen LogP contribution in [0.25, 0.3) is 0 Å². The number of amides is 1. The minimum atomic E-state index is -0.406. The van der Waals surface area contributed by atoms with Gasteiger partial charge in [-0.25, -0.2) is 4.79 Å². The SMILES string of the molecule is Cc1ccc(C)c(C2CC3(CCN(C(=O)OC(C)(C)C)CC3)C2)c1. The third kappa shape index (κ3) is 3.60. The molecule has 3 rings (SSSR count). The molecule has 1 aliphatic heterocycles. The van der Waals surface area contributed by atoms with Crippen LogP contribution < -0.4 is 0 Å². The molecule has 0 atom stereocenters. The first kappa shape index (κ1) is 17.3. The molecule has 1 aromatic carbocycles. The fourth-order valence-corrected chi connectivity index (χ4v) is 4.30. The maximum atomic E-state index is 12.2. The topological polar surface area (TPSA) is 29.5 Å². The molecular weight excluding hydrogens is 298 g/mol. The van der Waals surface area contributed by atoms with Crippen LogP contribution in [0.4, 0.5) is 4.79 Å². The zero-order valence-corrected chi connectivity index (χ0v) is 15.8. The van der Waals surface area contributed by atoms with E-state index < -0.39 is 5.60 Å². The molecule has 1 aliphatic carbocycles. The lowest BCUT2D eigenvalue weighted by molar-refractivity contribution is -0.0122. The molecule has 1 aromatic rings. The van der Waals surface area contributed by atoms with Gasteiger partial charge in [0, 0.05) is 13.1 Å². The molecule has 24 heavy (non-hydrogen) atoms. The highest BCUT2D eigenvalue weighted by Crippen LogP contribution is 2.57. The van der Waals surface area contributed by atoms with Crippen LogP contribution in [-0.2, 0) is 4.74 Å². The Balaban J connectivity index is 1.55. The van der Waals surface area contributed by atoms with Crippen molar-refractivity contribution >= 4 is 6.09 Å². The normalized spacial score (nSPS) is 20.8. The quantitative estimate of drug-likeness (QED) is 0.709. The van der Waals surface area contributed by atoms with E-state index in [1.807, 2.05) is 25.7 Å². The molecule has 132 valence electrons. The molecule has 0 aromatic heterocycles. The third-order valence-corrected chi connectivity index (χ3v) is 5.71. The van der Waals surface area contributed by atoms with Gasteiger partial charge in [0.05, 0.1) is 0 Å². The Labute approximate surface area is 146 Å². The summed E-state index contributed by atoms with van der Waals surface area (Å²) in [4.78, 5) is 14.1. The summed E-state index contributed by atoms with van der Waals surface area (Å²) in [6.45, 7) is 11.9. The molecule has 2 aliphatic rings. The van der Waals surface area contributed by atoms with Crippen LogP contribution in [0.5, 0.6) is 0 Å². The monoisotopic (exact) mass is 329 g/mol. The van der Waals surface area contributed by atoms with Crippen molar-refractivity contribution in [1.82, 2.24) is 4.90 Å². The number of carbonyl (C=O) groups is 1. The van der Waals surface area contributed by atoms with Crippen LogP contribution >= 0.6 is 0 Å². The number of aryl methyl sites for hydroxylation is 2. The lowest BCUT2D eigenvalue weighted by Crippen LogP contribution is -2.49. The predicted octanol–water partition coefficient (Wildman–Crippen LogP) is 5.20. The van der Waals surface area contributed by atoms with Crippen molar-refractivity contribution in [3.8, 4) is 0 Å². The number of hydrogen-bond acceptors (Lipinski definition) is 2. The van der Waals surface area contributed by atoms with E-state index in [0.29, 0.717) is 11.3 Å². The van der Waals surface area contributed by atoms with E-state index in [9.17, 15) is 4.79 Å². The lowest BCUT2D eigenvalue weighted by atomic mass is 9.55. The van der Waals surface area contributed by atoms with Crippen molar-refractivity contribution in [2.45, 2.75) is 71.8 Å². The zero-order chi connectivity index (χ0) is 17.5. The fourth-order valence-electron chi connectivity index (χ4n) is 4.30. The highest BCUT2D eigenvalue weighted by atomic mass is 16.6. The second kappa shape index (κ2) is 6.09. The molecule has 0 radical (unpaired) electrons. The van der Waals surface area contributed by atoms with Crippen LogP contribution in [0.2, 0.25) is 0 Å². The number of benzene rings is 1. The first-order valence-corrected chi connectivity index (χ1v) is 9.23. The Morgan fingerprint density at radius 3 is 2.38 bits per heavy atom. The van der Waals surface area contributed by atoms with Crippen molar-refractivity contribution in [1.29, 1.82) is 0 Å². The Bertz CT molecular complexity index is 613. The zero-order valence-electron chi connectivity index (χ0n) is 15.8. The van der Waals surface area contributed by atoms with Gasteiger partial charge in [-0.05, 0) is 82.8 Å². The number of carbonyl (C=O) groups excluding carboxylic acids is 1. The molecule has 1 amide bonds. The molecule has 3 nitrogen and oxygen atoms in total. The average molecular weight is 329 g/mol. The van der Waals surface area contributed by atoms with E-state index in [1.54, 1.807) is 0 Å². The molecule has 1 saturated carbocycles. The standard InChI is InChI=1S/C21H31NO2/c1-15-6-7-16(2)18(12-15)17-13-21(14-17)8-10-22(11-9-21)19(23)24-20(3,4)5/h6-7,12,17H,8-11,13-14H2,1-5H3. The van der Waals surface area contributed by atoms with E-state index in [0.717, 1.165) is 25.9 Å². The molecule has 2 fully saturated rings. The summed E-state index contributed by atoms with van der Waals surface area (Å²) in [5, 5.41) is 0. The van der Waals surface area contributed by atoms with Gasteiger partial charge >= 0.3 is 6.09 Å². The van der Waals surface area contributed by atoms with Crippen LogP contribution in [0, 0.1) is 19.3 Å². The van der Waals surface area contributed by atoms with E-state index in [-0.39, 0.29) is 6.09 Å². The van der Waals surface area contributed by atoms with Gasteiger partial charge in [0.2, 0.25) is 0 Å². The summed E-state index contributed by atoms with van der Waals surface area (Å²) < 4.78 is 5.50. The van der Waals surface area contributed by atoms with Crippen molar-refractivity contribution in [3.05, 3.63) is 34.9 Å². The number of hydrogen-bond donors (Lipinski definition) is 0. The summed E-state index contributed by atoms with van der Waals surface area (Å²) in [5.41, 5.74) is 4.37. The molecule has 3 heteroatoms.